The molecule has 5 heteroatoms. The monoisotopic (exact) mass is 961 g/mol. The number of aryl methyl sites for hydroxylation is 1. The SMILES string of the molecule is CCCCCCCCCCCCCCCCCCO[Si](CCCc1cccs1)(OCCCCCCCCCCCCCCCCCC)OCCCCCCCCCCCCCCCCCC. The zero-order chi connectivity index (χ0) is 47.2. The second kappa shape index (κ2) is 54.1. The fourth-order valence-corrected chi connectivity index (χ4v) is 13.3. The fraction of sp³-hybridized carbons (Fsp3) is 0.934. The standard InChI is InChI=1S/C61H120O3SSi/c1-4-7-10-13-16-19-22-25-28-31-34-37-40-43-46-49-56-62-66(60-53-55-61-54-52-59-65-61,63-57-50-47-44-41-38-35-32-29-26-23-20-17-14-11-8-5-2)64-58-51-48-45-42-39-36-33-30-27-24-21-18-15-12-9-6-3/h52,54,59H,4-51,53,55-58,60H2,1-3H3. The van der Waals surface area contributed by atoms with E-state index in [-0.39, 0.29) is 0 Å². The molecule has 0 spiro atoms. The van der Waals surface area contributed by atoms with Gasteiger partial charge < -0.3 is 13.3 Å². The summed E-state index contributed by atoms with van der Waals surface area (Å²) in [5.41, 5.74) is 0. The van der Waals surface area contributed by atoms with Crippen LogP contribution >= 0.6 is 11.3 Å². The van der Waals surface area contributed by atoms with Gasteiger partial charge in [0.2, 0.25) is 0 Å². The highest BCUT2D eigenvalue weighted by atomic mass is 32.1. The molecule has 0 saturated heterocycles. The molecule has 1 heterocycles. The number of hydrogen-bond donors (Lipinski definition) is 0. The summed E-state index contributed by atoms with van der Waals surface area (Å²) in [4.78, 5) is 1.48. The molecule has 0 N–H and O–H groups in total. The molecule has 0 fully saturated rings. The molecular weight excluding hydrogens is 841 g/mol. The maximum Gasteiger partial charge on any atom is 0.500 e. The van der Waals surface area contributed by atoms with Gasteiger partial charge in [-0.1, -0.05) is 316 Å². The highest BCUT2D eigenvalue weighted by Gasteiger charge is 2.40. The van der Waals surface area contributed by atoms with Crippen LogP contribution in [0.1, 0.15) is 340 Å². The molecule has 0 aromatic carbocycles. The first-order chi connectivity index (χ1) is 32.8. The van der Waals surface area contributed by atoms with E-state index in [0.717, 1.165) is 58.0 Å². The molecule has 1 aromatic rings. The molecule has 0 bridgehead atoms. The topological polar surface area (TPSA) is 27.7 Å². The highest BCUT2D eigenvalue weighted by molar-refractivity contribution is 7.09. The van der Waals surface area contributed by atoms with Crippen molar-refractivity contribution in [3.63, 3.8) is 0 Å². The minimum Gasteiger partial charge on any atom is -0.373 e. The van der Waals surface area contributed by atoms with Crippen molar-refractivity contribution in [3.05, 3.63) is 22.4 Å². The van der Waals surface area contributed by atoms with Crippen molar-refractivity contribution in [2.24, 2.45) is 0 Å². The van der Waals surface area contributed by atoms with E-state index in [1.54, 1.807) is 0 Å². The van der Waals surface area contributed by atoms with Crippen molar-refractivity contribution in [2.45, 2.75) is 348 Å². The van der Waals surface area contributed by atoms with Crippen LogP contribution in [0.3, 0.4) is 0 Å². The van der Waals surface area contributed by atoms with Gasteiger partial charge in [0, 0.05) is 30.7 Å². The summed E-state index contributed by atoms with van der Waals surface area (Å²) in [5, 5.41) is 2.22. The molecule has 3 nitrogen and oxygen atoms in total. The zero-order valence-corrected chi connectivity index (χ0v) is 47.4. The molecule has 0 unspecified atom stereocenters. The van der Waals surface area contributed by atoms with Crippen molar-refractivity contribution in [2.75, 3.05) is 19.8 Å². The Kier molecular flexibility index (Phi) is 52.3. The van der Waals surface area contributed by atoms with Crippen LogP contribution in [0.25, 0.3) is 0 Å². The Hall–Kier alpha value is -0.203. The van der Waals surface area contributed by atoms with Crippen LogP contribution in [0.2, 0.25) is 6.04 Å². The summed E-state index contributed by atoms with van der Waals surface area (Å²) in [6.07, 6.45) is 69.3. The predicted molar refractivity (Wildman–Crippen MR) is 300 cm³/mol. The van der Waals surface area contributed by atoms with Crippen molar-refractivity contribution >= 4 is 20.1 Å². The lowest BCUT2D eigenvalue weighted by atomic mass is 10.0. The third-order valence-electron chi connectivity index (χ3n) is 14.4. The van der Waals surface area contributed by atoms with Crippen molar-refractivity contribution in [3.8, 4) is 0 Å². The Morgan fingerprint density at radius 1 is 0.303 bits per heavy atom. The molecule has 0 aliphatic rings. The van der Waals surface area contributed by atoms with E-state index >= 15 is 0 Å². The third-order valence-corrected chi connectivity index (χ3v) is 18.3. The van der Waals surface area contributed by atoms with Crippen molar-refractivity contribution in [1.82, 2.24) is 0 Å². The maximum absolute atomic E-state index is 6.92. The quantitative estimate of drug-likeness (QED) is 0.0481. The highest BCUT2D eigenvalue weighted by Crippen LogP contribution is 2.25. The van der Waals surface area contributed by atoms with Crippen molar-refractivity contribution < 1.29 is 13.3 Å². The summed E-state index contributed by atoms with van der Waals surface area (Å²) in [6.45, 7) is 9.36. The molecule has 0 amide bonds. The first kappa shape index (κ1) is 63.8. The molecule has 0 atom stereocenters. The lowest BCUT2D eigenvalue weighted by molar-refractivity contribution is 0.0547. The summed E-state index contributed by atoms with van der Waals surface area (Å²) in [6, 6.07) is 5.45. The molecule has 66 heavy (non-hydrogen) atoms. The number of unbranched alkanes of at least 4 members (excludes halogenated alkanes) is 45. The van der Waals surface area contributed by atoms with Gasteiger partial charge in [-0.3, -0.25) is 0 Å². The van der Waals surface area contributed by atoms with Gasteiger partial charge in [-0.25, -0.2) is 0 Å². The van der Waals surface area contributed by atoms with Gasteiger partial charge in [-0.05, 0) is 43.6 Å². The minimum absolute atomic E-state index is 0.807. The van der Waals surface area contributed by atoms with Crippen LogP contribution in [-0.4, -0.2) is 28.6 Å². The zero-order valence-electron chi connectivity index (χ0n) is 45.5. The van der Waals surface area contributed by atoms with E-state index in [2.05, 4.69) is 38.3 Å². The lowest BCUT2D eigenvalue weighted by Gasteiger charge is -2.30. The second-order valence-electron chi connectivity index (χ2n) is 21.1. The van der Waals surface area contributed by atoms with Crippen LogP contribution < -0.4 is 0 Å². The Morgan fingerprint density at radius 2 is 0.530 bits per heavy atom. The second-order valence-corrected chi connectivity index (χ2v) is 24.8. The Balaban J connectivity index is 2.44. The Bertz CT molecular complexity index is 909. The first-order valence-corrected chi connectivity index (χ1v) is 33.5. The molecule has 0 saturated carbocycles. The summed E-state index contributed by atoms with van der Waals surface area (Å²) in [7, 11) is -2.75. The Morgan fingerprint density at radius 3 is 0.742 bits per heavy atom. The van der Waals surface area contributed by atoms with E-state index in [4.69, 9.17) is 13.3 Å². The van der Waals surface area contributed by atoms with Gasteiger partial charge in [0.1, 0.15) is 0 Å². The van der Waals surface area contributed by atoms with Crippen LogP contribution in [0.4, 0.5) is 0 Å². The molecular formula is C61H120O3SSi. The third kappa shape index (κ3) is 46.2. The van der Waals surface area contributed by atoms with Gasteiger partial charge in [0.05, 0.1) is 0 Å². The molecule has 0 aliphatic carbocycles. The van der Waals surface area contributed by atoms with Crippen LogP contribution in [-0.2, 0) is 19.7 Å². The normalized spacial score (nSPS) is 12.0. The number of thiophene rings is 1. The average molecular weight is 962 g/mol. The summed E-state index contributed by atoms with van der Waals surface area (Å²) >= 11 is 1.89. The van der Waals surface area contributed by atoms with Crippen LogP contribution in [0.15, 0.2) is 17.5 Å². The van der Waals surface area contributed by atoms with Gasteiger partial charge in [0.25, 0.3) is 0 Å². The molecule has 392 valence electrons. The number of hydrogen-bond acceptors (Lipinski definition) is 4. The average Bonchev–Trinajstić information content (AvgIpc) is 3.85. The van der Waals surface area contributed by atoms with Gasteiger partial charge >= 0.3 is 8.80 Å². The molecule has 1 aromatic heterocycles. The smallest absolute Gasteiger partial charge is 0.373 e. The lowest BCUT2D eigenvalue weighted by Crippen LogP contribution is -2.46. The molecule has 0 aliphatic heterocycles. The largest absolute Gasteiger partial charge is 0.500 e. The van der Waals surface area contributed by atoms with E-state index < -0.39 is 8.80 Å². The molecule has 1 rings (SSSR count). The van der Waals surface area contributed by atoms with E-state index in [1.165, 1.54) is 294 Å². The van der Waals surface area contributed by atoms with E-state index in [0.29, 0.717) is 0 Å². The van der Waals surface area contributed by atoms with Crippen molar-refractivity contribution in [1.29, 1.82) is 0 Å². The van der Waals surface area contributed by atoms with E-state index in [1.807, 2.05) is 11.3 Å². The van der Waals surface area contributed by atoms with E-state index in [9.17, 15) is 0 Å². The minimum atomic E-state index is -2.75. The first-order valence-electron chi connectivity index (χ1n) is 30.7. The van der Waals surface area contributed by atoms with Gasteiger partial charge in [0.15, 0.2) is 0 Å². The van der Waals surface area contributed by atoms with Crippen LogP contribution in [0, 0.1) is 0 Å². The van der Waals surface area contributed by atoms with Gasteiger partial charge in [-0.2, -0.15) is 0 Å². The molecule has 0 radical (unpaired) electrons. The maximum atomic E-state index is 6.92. The van der Waals surface area contributed by atoms with Crippen LogP contribution in [0.5, 0.6) is 0 Å². The predicted octanol–water partition coefficient (Wildman–Crippen LogP) is 22.5. The summed E-state index contributed by atoms with van der Waals surface area (Å²) < 4.78 is 20.8. The Labute approximate surface area is 421 Å². The summed E-state index contributed by atoms with van der Waals surface area (Å²) in [5.74, 6) is 0. The number of rotatable bonds is 58. The fourth-order valence-electron chi connectivity index (χ4n) is 9.91. The van der Waals surface area contributed by atoms with Gasteiger partial charge in [-0.15, -0.1) is 11.3 Å².